The highest BCUT2D eigenvalue weighted by molar-refractivity contribution is 7.18. The zero-order valence-electron chi connectivity index (χ0n) is 13.7. The largest absolute Gasteiger partial charge is 0.358 e. The molecule has 1 aliphatic carbocycles. The molecule has 2 aromatic heterocycles. The minimum absolute atomic E-state index is 0.0642. The van der Waals surface area contributed by atoms with E-state index in [1.165, 1.54) is 10.4 Å². The lowest BCUT2D eigenvalue weighted by molar-refractivity contribution is -0.119. The lowest BCUT2D eigenvalue weighted by atomic mass is 9.89. The first-order valence-electron chi connectivity index (χ1n) is 7.98. The number of carbonyl (C=O) groups is 1. The molecule has 2 aromatic rings. The Hall–Kier alpha value is -1.73. The lowest BCUT2D eigenvalue weighted by Gasteiger charge is -2.17. The first-order valence-corrected chi connectivity index (χ1v) is 8.79. The van der Waals surface area contributed by atoms with Gasteiger partial charge in [0, 0.05) is 11.9 Å². The molecule has 23 heavy (non-hydrogen) atoms. The Labute approximate surface area is 138 Å². The first kappa shape index (κ1) is 16.1. The van der Waals surface area contributed by atoms with Crippen molar-refractivity contribution in [2.24, 2.45) is 5.92 Å². The number of hydrogen-bond acceptors (Lipinski definition) is 5. The summed E-state index contributed by atoms with van der Waals surface area (Å²) < 4.78 is 0. The summed E-state index contributed by atoms with van der Waals surface area (Å²) in [5, 5.41) is 6.39. The molecule has 0 aromatic carbocycles. The number of rotatable bonds is 4. The molecule has 0 fully saturated rings. The third-order valence-corrected chi connectivity index (χ3v) is 5.59. The number of aromatic nitrogens is 2. The number of amides is 1. The Bertz CT molecular complexity index is 795. The van der Waals surface area contributed by atoms with Gasteiger partial charge in [-0.25, -0.2) is 4.98 Å². The maximum Gasteiger partial charge on any atom is 0.259 e. The molecular formula is C16H22N4O2S. The highest BCUT2D eigenvalue weighted by atomic mass is 32.1. The molecule has 0 bridgehead atoms. The fourth-order valence-corrected chi connectivity index (χ4v) is 4.39. The van der Waals surface area contributed by atoms with Crippen molar-refractivity contribution in [3.05, 3.63) is 26.6 Å². The zero-order chi connectivity index (χ0) is 16.6. The van der Waals surface area contributed by atoms with Crippen molar-refractivity contribution in [2.45, 2.75) is 39.2 Å². The molecule has 124 valence electrons. The molecule has 0 radical (unpaired) electrons. The van der Waals surface area contributed by atoms with Gasteiger partial charge in [0.25, 0.3) is 5.56 Å². The number of likely N-dealkylation sites (N-methyl/N-ethyl adjacent to an activating group) is 1. The summed E-state index contributed by atoms with van der Waals surface area (Å²) >= 11 is 1.64. The summed E-state index contributed by atoms with van der Waals surface area (Å²) in [6, 6.07) is -0.192. The van der Waals surface area contributed by atoms with Crippen molar-refractivity contribution < 1.29 is 4.79 Å². The Morgan fingerprint density at radius 1 is 1.52 bits per heavy atom. The Morgan fingerprint density at radius 2 is 2.30 bits per heavy atom. The predicted octanol–water partition coefficient (Wildman–Crippen LogP) is 1.51. The van der Waals surface area contributed by atoms with Crippen molar-refractivity contribution in [3.63, 3.8) is 0 Å². The van der Waals surface area contributed by atoms with Crippen molar-refractivity contribution in [1.82, 2.24) is 20.6 Å². The molecule has 3 N–H and O–H groups in total. The van der Waals surface area contributed by atoms with Crippen LogP contribution in [-0.2, 0) is 17.6 Å². The molecule has 0 spiro atoms. The second-order valence-corrected chi connectivity index (χ2v) is 7.34. The van der Waals surface area contributed by atoms with Gasteiger partial charge in [-0.05, 0) is 37.7 Å². The average molecular weight is 334 g/mol. The quantitative estimate of drug-likeness (QED) is 0.791. The van der Waals surface area contributed by atoms with E-state index < -0.39 is 0 Å². The number of nitrogens with one attached hydrogen (secondary N) is 3. The second kappa shape index (κ2) is 6.41. The summed E-state index contributed by atoms with van der Waals surface area (Å²) in [6.07, 6.45) is 3.13. The SMILES string of the molecule is CNC(=O)CN[C@@H](C)c1nc2sc3c(c2c(=O)[nH]1)CC[C@H](C)C3. The Kier molecular flexibility index (Phi) is 4.50. The van der Waals surface area contributed by atoms with Crippen molar-refractivity contribution in [2.75, 3.05) is 13.6 Å². The van der Waals surface area contributed by atoms with Gasteiger partial charge in [-0.1, -0.05) is 6.92 Å². The van der Waals surface area contributed by atoms with Gasteiger partial charge in [0.2, 0.25) is 5.91 Å². The highest BCUT2D eigenvalue weighted by Crippen LogP contribution is 2.35. The van der Waals surface area contributed by atoms with Crippen molar-refractivity contribution in [3.8, 4) is 0 Å². The third kappa shape index (κ3) is 3.16. The van der Waals surface area contributed by atoms with E-state index in [9.17, 15) is 9.59 Å². The van der Waals surface area contributed by atoms with Crippen LogP contribution < -0.4 is 16.2 Å². The van der Waals surface area contributed by atoms with Crippen LogP contribution in [0.5, 0.6) is 0 Å². The summed E-state index contributed by atoms with van der Waals surface area (Å²) in [4.78, 5) is 33.5. The predicted molar refractivity (Wildman–Crippen MR) is 91.9 cm³/mol. The van der Waals surface area contributed by atoms with Gasteiger partial charge in [0.15, 0.2) is 0 Å². The fraction of sp³-hybridized carbons (Fsp3) is 0.562. The average Bonchev–Trinajstić information content (AvgIpc) is 2.89. The highest BCUT2D eigenvalue weighted by Gasteiger charge is 2.23. The van der Waals surface area contributed by atoms with E-state index in [0.29, 0.717) is 11.7 Å². The normalized spacial score (nSPS) is 18.7. The molecule has 0 saturated carbocycles. The van der Waals surface area contributed by atoms with Gasteiger partial charge in [0.1, 0.15) is 10.7 Å². The van der Waals surface area contributed by atoms with Crippen LogP contribution in [0, 0.1) is 5.92 Å². The molecule has 0 unspecified atom stereocenters. The number of nitrogens with zero attached hydrogens (tertiary/aromatic N) is 1. The van der Waals surface area contributed by atoms with Gasteiger partial charge < -0.3 is 10.3 Å². The van der Waals surface area contributed by atoms with Crippen LogP contribution in [0.15, 0.2) is 4.79 Å². The molecule has 6 nitrogen and oxygen atoms in total. The molecule has 7 heteroatoms. The molecule has 1 amide bonds. The lowest BCUT2D eigenvalue weighted by Crippen LogP contribution is -2.34. The summed E-state index contributed by atoms with van der Waals surface area (Å²) in [5.41, 5.74) is 1.13. The standard InChI is InChI=1S/C16H22N4O2S/c1-8-4-5-10-11(6-8)23-16-13(10)15(22)19-14(20-16)9(2)18-7-12(21)17-3/h8-9,18H,4-7H2,1-3H3,(H,17,21)(H,19,20,22)/t8-,9-/m0/s1. The van der Waals surface area contributed by atoms with E-state index in [-0.39, 0.29) is 24.1 Å². The fourth-order valence-electron chi connectivity index (χ4n) is 3.00. The molecule has 0 saturated heterocycles. The Balaban J connectivity index is 1.92. The second-order valence-electron chi connectivity index (χ2n) is 6.26. The van der Waals surface area contributed by atoms with Crippen molar-refractivity contribution >= 4 is 27.5 Å². The summed E-state index contributed by atoms with van der Waals surface area (Å²) in [7, 11) is 1.60. The van der Waals surface area contributed by atoms with E-state index >= 15 is 0 Å². The number of aromatic amines is 1. The molecule has 3 rings (SSSR count). The number of thiophene rings is 1. The number of aryl methyl sites for hydroxylation is 1. The minimum atomic E-state index is -0.192. The topological polar surface area (TPSA) is 86.9 Å². The van der Waals surface area contributed by atoms with Gasteiger partial charge >= 0.3 is 0 Å². The monoisotopic (exact) mass is 334 g/mol. The van der Waals surface area contributed by atoms with Crippen LogP contribution in [0.25, 0.3) is 10.2 Å². The smallest absolute Gasteiger partial charge is 0.259 e. The molecule has 1 aliphatic rings. The van der Waals surface area contributed by atoms with Crippen LogP contribution in [0.3, 0.4) is 0 Å². The number of fused-ring (bicyclic) bond motifs is 3. The van der Waals surface area contributed by atoms with Crippen LogP contribution in [-0.4, -0.2) is 29.5 Å². The van der Waals surface area contributed by atoms with Gasteiger partial charge in [-0.15, -0.1) is 11.3 Å². The van der Waals surface area contributed by atoms with E-state index in [2.05, 4.69) is 27.5 Å². The molecule has 2 heterocycles. The molecule has 0 aliphatic heterocycles. The van der Waals surface area contributed by atoms with Crippen LogP contribution in [0.1, 0.15) is 42.6 Å². The maximum absolute atomic E-state index is 12.5. The maximum atomic E-state index is 12.5. The number of H-pyrrole nitrogens is 1. The van der Waals surface area contributed by atoms with Gasteiger partial charge in [-0.3, -0.25) is 14.9 Å². The van der Waals surface area contributed by atoms with Gasteiger partial charge in [-0.2, -0.15) is 0 Å². The van der Waals surface area contributed by atoms with E-state index in [1.807, 2.05) is 6.92 Å². The van der Waals surface area contributed by atoms with E-state index in [4.69, 9.17) is 0 Å². The summed E-state index contributed by atoms with van der Waals surface area (Å²) in [6.45, 7) is 4.34. The van der Waals surface area contributed by atoms with Crippen molar-refractivity contribution in [1.29, 1.82) is 0 Å². The Morgan fingerprint density at radius 3 is 3.04 bits per heavy atom. The van der Waals surface area contributed by atoms with Crippen LogP contribution in [0.2, 0.25) is 0 Å². The first-order chi connectivity index (χ1) is 11.0. The van der Waals surface area contributed by atoms with E-state index in [1.54, 1.807) is 18.4 Å². The number of carbonyl (C=O) groups excluding carboxylic acids is 1. The molecule has 2 atom stereocenters. The minimum Gasteiger partial charge on any atom is -0.358 e. The van der Waals surface area contributed by atoms with Gasteiger partial charge in [0.05, 0.1) is 18.0 Å². The van der Waals surface area contributed by atoms with Crippen LogP contribution >= 0.6 is 11.3 Å². The zero-order valence-corrected chi connectivity index (χ0v) is 14.5. The third-order valence-electron chi connectivity index (χ3n) is 4.44. The molecular weight excluding hydrogens is 312 g/mol. The summed E-state index contributed by atoms with van der Waals surface area (Å²) in [5.74, 6) is 1.15. The number of hydrogen-bond donors (Lipinski definition) is 3. The van der Waals surface area contributed by atoms with E-state index in [0.717, 1.165) is 29.5 Å². The van der Waals surface area contributed by atoms with Crippen LogP contribution in [0.4, 0.5) is 0 Å².